The molecule has 0 aromatic heterocycles. The van der Waals surface area contributed by atoms with Gasteiger partial charge >= 0.3 is 0 Å². The predicted molar refractivity (Wildman–Crippen MR) is 76.2 cm³/mol. The van der Waals surface area contributed by atoms with Gasteiger partial charge in [-0.15, -0.1) is 0 Å². The molecule has 1 rings (SSSR count). The molecule has 0 saturated heterocycles. The third-order valence-electron chi connectivity index (χ3n) is 5.11. The Labute approximate surface area is 112 Å². The first-order valence-corrected chi connectivity index (χ1v) is 7.24. The molecule has 0 aliphatic heterocycles. The lowest BCUT2D eigenvalue weighted by Crippen LogP contribution is -2.51. The fourth-order valence-electron chi connectivity index (χ4n) is 2.81. The molecule has 1 amide bonds. The van der Waals surface area contributed by atoms with Crippen molar-refractivity contribution in [3.8, 4) is 0 Å². The SMILES string of the molecule is CCC(C)(C)N(C)C(=O)C1CC(N)C(C)CC1C. The summed E-state index contributed by atoms with van der Waals surface area (Å²) in [5, 5.41) is 0. The third-order valence-corrected chi connectivity index (χ3v) is 5.11. The van der Waals surface area contributed by atoms with Gasteiger partial charge in [0.05, 0.1) is 0 Å². The van der Waals surface area contributed by atoms with E-state index in [0.717, 1.165) is 19.3 Å². The summed E-state index contributed by atoms with van der Waals surface area (Å²) in [5.74, 6) is 1.36. The Morgan fingerprint density at radius 3 is 2.33 bits per heavy atom. The van der Waals surface area contributed by atoms with Gasteiger partial charge in [0.15, 0.2) is 0 Å². The average molecular weight is 254 g/mol. The lowest BCUT2D eigenvalue weighted by Gasteiger charge is -2.42. The van der Waals surface area contributed by atoms with Crippen LogP contribution in [0.25, 0.3) is 0 Å². The van der Waals surface area contributed by atoms with Crippen molar-refractivity contribution in [3.63, 3.8) is 0 Å². The molecule has 1 saturated carbocycles. The van der Waals surface area contributed by atoms with Crippen LogP contribution in [0.5, 0.6) is 0 Å². The lowest BCUT2D eigenvalue weighted by molar-refractivity contribution is -0.142. The highest BCUT2D eigenvalue weighted by Crippen LogP contribution is 2.35. The van der Waals surface area contributed by atoms with E-state index in [1.165, 1.54) is 0 Å². The number of amides is 1. The first kappa shape index (κ1) is 15.5. The van der Waals surface area contributed by atoms with Gasteiger partial charge in [0, 0.05) is 24.5 Å². The molecule has 0 radical (unpaired) electrons. The fraction of sp³-hybridized carbons (Fsp3) is 0.933. The van der Waals surface area contributed by atoms with Gasteiger partial charge in [-0.1, -0.05) is 20.8 Å². The highest BCUT2D eigenvalue weighted by atomic mass is 16.2. The number of hydrogen-bond acceptors (Lipinski definition) is 2. The van der Waals surface area contributed by atoms with E-state index in [1.54, 1.807) is 0 Å². The fourth-order valence-corrected chi connectivity index (χ4v) is 2.81. The van der Waals surface area contributed by atoms with E-state index in [2.05, 4.69) is 34.6 Å². The van der Waals surface area contributed by atoms with Crippen LogP contribution in [-0.2, 0) is 4.79 Å². The van der Waals surface area contributed by atoms with Crippen LogP contribution < -0.4 is 5.73 Å². The van der Waals surface area contributed by atoms with Crippen LogP contribution >= 0.6 is 0 Å². The molecule has 0 spiro atoms. The van der Waals surface area contributed by atoms with Crippen molar-refractivity contribution in [1.82, 2.24) is 4.90 Å². The maximum Gasteiger partial charge on any atom is 0.226 e. The summed E-state index contributed by atoms with van der Waals surface area (Å²) in [6.07, 6.45) is 2.88. The van der Waals surface area contributed by atoms with E-state index in [9.17, 15) is 4.79 Å². The second kappa shape index (κ2) is 5.60. The smallest absolute Gasteiger partial charge is 0.226 e. The molecule has 1 aliphatic carbocycles. The van der Waals surface area contributed by atoms with E-state index in [-0.39, 0.29) is 23.4 Å². The van der Waals surface area contributed by atoms with Gasteiger partial charge in [0.25, 0.3) is 0 Å². The summed E-state index contributed by atoms with van der Waals surface area (Å²) in [6.45, 7) is 10.8. The summed E-state index contributed by atoms with van der Waals surface area (Å²) in [5.41, 5.74) is 6.07. The van der Waals surface area contributed by atoms with Crippen LogP contribution in [0.3, 0.4) is 0 Å². The van der Waals surface area contributed by atoms with Gasteiger partial charge < -0.3 is 10.6 Å². The summed E-state index contributed by atoms with van der Waals surface area (Å²) in [4.78, 5) is 14.6. The number of nitrogens with zero attached hydrogens (tertiary/aromatic N) is 1. The van der Waals surface area contributed by atoms with Gasteiger partial charge in [-0.05, 0) is 44.9 Å². The first-order valence-electron chi connectivity index (χ1n) is 7.24. The Balaban J connectivity index is 2.78. The minimum Gasteiger partial charge on any atom is -0.340 e. The van der Waals surface area contributed by atoms with Gasteiger partial charge in [0.2, 0.25) is 5.91 Å². The standard InChI is InChI=1S/C15H30N2O/c1-7-15(4,5)17(6)14(18)12-9-13(16)11(3)8-10(12)2/h10-13H,7-9,16H2,1-6H3. The second-order valence-corrected chi connectivity index (χ2v) is 6.76. The molecule has 1 aliphatic rings. The Kier molecular flexibility index (Phi) is 4.82. The lowest BCUT2D eigenvalue weighted by atomic mass is 9.72. The highest BCUT2D eigenvalue weighted by Gasteiger charge is 2.38. The zero-order valence-electron chi connectivity index (χ0n) is 12.9. The van der Waals surface area contributed by atoms with Crippen molar-refractivity contribution in [2.24, 2.45) is 23.5 Å². The van der Waals surface area contributed by atoms with Gasteiger partial charge in [-0.3, -0.25) is 4.79 Å². The van der Waals surface area contributed by atoms with E-state index in [0.29, 0.717) is 11.8 Å². The van der Waals surface area contributed by atoms with Crippen molar-refractivity contribution >= 4 is 5.91 Å². The Morgan fingerprint density at radius 1 is 1.28 bits per heavy atom. The minimum atomic E-state index is -0.0655. The molecule has 4 unspecified atom stereocenters. The van der Waals surface area contributed by atoms with Crippen molar-refractivity contribution < 1.29 is 4.79 Å². The molecule has 0 aromatic carbocycles. The van der Waals surface area contributed by atoms with E-state index < -0.39 is 0 Å². The van der Waals surface area contributed by atoms with Crippen LogP contribution in [0.1, 0.15) is 53.9 Å². The zero-order valence-corrected chi connectivity index (χ0v) is 12.9. The van der Waals surface area contributed by atoms with Gasteiger partial charge in [-0.2, -0.15) is 0 Å². The van der Waals surface area contributed by atoms with Gasteiger partial charge in [-0.25, -0.2) is 0 Å². The monoisotopic (exact) mass is 254 g/mol. The van der Waals surface area contributed by atoms with Crippen LogP contribution in [-0.4, -0.2) is 29.4 Å². The molecule has 3 nitrogen and oxygen atoms in total. The van der Waals surface area contributed by atoms with Crippen LogP contribution in [0, 0.1) is 17.8 Å². The molecule has 1 fully saturated rings. The second-order valence-electron chi connectivity index (χ2n) is 6.76. The topological polar surface area (TPSA) is 46.3 Å². The summed E-state index contributed by atoms with van der Waals surface area (Å²) in [6, 6.07) is 0.174. The molecule has 0 aromatic rings. The summed E-state index contributed by atoms with van der Waals surface area (Å²) in [7, 11) is 1.93. The van der Waals surface area contributed by atoms with Crippen LogP contribution in [0.2, 0.25) is 0 Å². The van der Waals surface area contributed by atoms with Crippen LogP contribution in [0.4, 0.5) is 0 Å². The number of hydrogen-bond donors (Lipinski definition) is 1. The Morgan fingerprint density at radius 2 is 1.83 bits per heavy atom. The molecule has 18 heavy (non-hydrogen) atoms. The maximum atomic E-state index is 12.6. The number of carbonyl (C=O) groups is 1. The molecule has 2 N–H and O–H groups in total. The molecular formula is C15H30N2O. The molecular weight excluding hydrogens is 224 g/mol. The molecule has 4 atom stereocenters. The van der Waals surface area contributed by atoms with Crippen molar-refractivity contribution in [2.75, 3.05) is 7.05 Å². The maximum absolute atomic E-state index is 12.6. The Hall–Kier alpha value is -0.570. The van der Waals surface area contributed by atoms with Crippen molar-refractivity contribution in [2.45, 2.75) is 65.5 Å². The summed E-state index contributed by atoms with van der Waals surface area (Å²) >= 11 is 0. The quantitative estimate of drug-likeness (QED) is 0.841. The van der Waals surface area contributed by atoms with E-state index >= 15 is 0 Å². The molecule has 3 heteroatoms. The van der Waals surface area contributed by atoms with Crippen molar-refractivity contribution in [3.05, 3.63) is 0 Å². The average Bonchev–Trinajstić information content (AvgIpc) is 2.32. The summed E-state index contributed by atoms with van der Waals surface area (Å²) < 4.78 is 0. The largest absolute Gasteiger partial charge is 0.340 e. The molecule has 106 valence electrons. The van der Waals surface area contributed by atoms with Crippen LogP contribution in [0.15, 0.2) is 0 Å². The first-order chi connectivity index (χ1) is 8.20. The normalized spacial score (nSPS) is 33.3. The minimum absolute atomic E-state index is 0.0655. The predicted octanol–water partition coefficient (Wildman–Crippen LogP) is 2.64. The van der Waals surface area contributed by atoms with E-state index in [1.807, 2.05) is 11.9 Å². The number of carbonyl (C=O) groups excluding carboxylic acids is 1. The van der Waals surface area contributed by atoms with Crippen molar-refractivity contribution in [1.29, 1.82) is 0 Å². The third kappa shape index (κ3) is 3.05. The molecule has 0 heterocycles. The highest BCUT2D eigenvalue weighted by molar-refractivity contribution is 5.79. The Bertz CT molecular complexity index is 301. The van der Waals surface area contributed by atoms with Gasteiger partial charge in [0.1, 0.15) is 0 Å². The van der Waals surface area contributed by atoms with E-state index in [4.69, 9.17) is 5.73 Å². The zero-order chi connectivity index (χ0) is 14.1. The number of rotatable bonds is 3. The molecule has 0 bridgehead atoms. The number of nitrogens with two attached hydrogens (primary N) is 1.